The molecule has 0 aliphatic carbocycles. The fraction of sp³-hybridized carbons (Fsp3) is 0.947. The van der Waals surface area contributed by atoms with Gasteiger partial charge in [-0.15, -0.1) is 0 Å². The first-order valence-corrected chi connectivity index (χ1v) is 9.76. The van der Waals surface area contributed by atoms with Gasteiger partial charge >= 0.3 is 0 Å². The van der Waals surface area contributed by atoms with Gasteiger partial charge in [0, 0.05) is 32.1 Å². The largest absolute Gasteiger partial charge is 0.340 e. The van der Waals surface area contributed by atoms with E-state index >= 15 is 0 Å². The zero-order chi connectivity index (χ0) is 17.2. The summed E-state index contributed by atoms with van der Waals surface area (Å²) in [7, 11) is 2.23. The molecule has 23 heavy (non-hydrogen) atoms. The fourth-order valence-electron chi connectivity index (χ4n) is 3.51. The first-order chi connectivity index (χ1) is 11.1. The van der Waals surface area contributed by atoms with Crippen LogP contribution in [0.3, 0.4) is 0 Å². The number of hydrogen-bond acceptors (Lipinski definition) is 3. The van der Waals surface area contributed by atoms with E-state index in [1.807, 2.05) is 32.6 Å². The van der Waals surface area contributed by atoms with Crippen molar-refractivity contribution in [2.75, 3.05) is 52.9 Å². The van der Waals surface area contributed by atoms with Crippen molar-refractivity contribution >= 4 is 5.91 Å². The highest BCUT2D eigenvalue weighted by Crippen LogP contribution is 2.21. The van der Waals surface area contributed by atoms with Gasteiger partial charge in [-0.25, -0.2) is 0 Å². The van der Waals surface area contributed by atoms with E-state index in [4.69, 9.17) is 0 Å². The molecule has 2 saturated heterocycles. The van der Waals surface area contributed by atoms with Crippen LogP contribution in [0.4, 0.5) is 0 Å². The Balaban J connectivity index is 0.00000127. The summed E-state index contributed by atoms with van der Waals surface area (Å²) in [6, 6.07) is 0. The van der Waals surface area contributed by atoms with Crippen LogP contribution >= 0.6 is 0 Å². The predicted octanol–water partition coefficient (Wildman–Crippen LogP) is 2.93. The van der Waals surface area contributed by atoms with Crippen molar-refractivity contribution in [1.29, 1.82) is 0 Å². The molecule has 0 unspecified atom stereocenters. The van der Waals surface area contributed by atoms with Gasteiger partial charge in [0.25, 0.3) is 0 Å². The Bertz CT molecular complexity index is 317. The summed E-state index contributed by atoms with van der Waals surface area (Å²) in [5.74, 6) is 1.41. The van der Waals surface area contributed by atoms with Crippen LogP contribution < -0.4 is 0 Å². The Labute approximate surface area is 144 Å². The predicted molar refractivity (Wildman–Crippen MR) is 98.7 cm³/mol. The van der Waals surface area contributed by atoms with Crippen molar-refractivity contribution in [3.63, 3.8) is 0 Å². The van der Waals surface area contributed by atoms with Gasteiger partial charge in [-0.05, 0) is 58.3 Å². The summed E-state index contributed by atoms with van der Waals surface area (Å²) in [4.78, 5) is 19.0. The van der Waals surface area contributed by atoms with Gasteiger partial charge in [0.05, 0.1) is 0 Å². The van der Waals surface area contributed by atoms with E-state index < -0.39 is 0 Å². The topological polar surface area (TPSA) is 26.8 Å². The van der Waals surface area contributed by atoms with E-state index in [2.05, 4.69) is 16.8 Å². The molecule has 4 nitrogen and oxygen atoms in total. The summed E-state index contributed by atoms with van der Waals surface area (Å²) >= 11 is 0. The minimum absolute atomic E-state index is 0.140. The minimum atomic E-state index is 0.140. The SMILES string of the molecule is CC.CC(C)C(=O)N1CCN(CCCC2CCN(C)CC2)CC1. The third-order valence-electron chi connectivity index (χ3n) is 5.10. The Morgan fingerprint density at radius 1 is 1.00 bits per heavy atom. The average Bonchev–Trinajstić information content (AvgIpc) is 2.58. The highest BCUT2D eigenvalue weighted by atomic mass is 16.2. The van der Waals surface area contributed by atoms with E-state index in [1.165, 1.54) is 45.3 Å². The van der Waals surface area contributed by atoms with Crippen LogP contribution in [0, 0.1) is 11.8 Å². The maximum Gasteiger partial charge on any atom is 0.225 e. The summed E-state index contributed by atoms with van der Waals surface area (Å²) in [6.07, 6.45) is 5.48. The quantitative estimate of drug-likeness (QED) is 0.777. The molecule has 4 heteroatoms. The van der Waals surface area contributed by atoms with Gasteiger partial charge in [0.15, 0.2) is 0 Å². The van der Waals surface area contributed by atoms with Crippen LogP contribution in [0.25, 0.3) is 0 Å². The maximum absolute atomic E-state index is 12.0. The standard InChI is InChI=1S/C17H33N3O.C2H6/c1-15(2)17(21)20-13-11-19(12-14-20)8-4-5-16-6-9-18(3)10-7-16;1-2/h15-16H,4-14H2,1-3H3;1-2H3. The number of hydrogen-bond donors (Lipinski definition) is 0. The lowest BCUT2D eigenvalue weighted by atomic mass is 9.92. The van der Waals surface area contributed by atoms with Crippen molar-refractivity contribution in [3.05, 3.63) is 0 Å². The Morgan fingerprint density at radius 2 is 1.57 bits per heavy atom. The van der Waals surface area contributed by atoms with Crippen molar-refractivity contribution in [3.8, 4) is 0 Å². The van der Waals surface area contributed by atoms with Crippen molar-refractivity contribution in [1.82, 2.24) is 14.7 Å². The minimum Gasteiger partial charge on any atom is -0.340 e. The molecule has 0 N–H and O–H groups in total. The van der Waals surface area contributed by atoms with Crippen molar-refractivity contribution < 1.29 is 4.79 Å². The second-order valence-corrected chi connectivity index (χ2v) is 7.21. The summed E-state index contributed by atoms with van der Waals surface area (Å²) in [5, 5.41) is 0. The third kappa shape index (κ3) is 7.21. The average molecular weight is 326 g/mol. The van der Waals surface area contributed by atoms with E-state index in [-0.39, 0.29) is 5.92 Å². The molecule has 2 aliphatic rings. The number of carbonyl (C=O) groups excluding carboxylic acids is 1. The number of rotatable bonds is 5. The van der Waals surface area contributed by atoms with E-state index in [9.17, 15) is 4.79 Å². The number of piperidine rings is 1. The van der Waals surface area contributed by atoms with Gasteiger partial charge in [-0.2, -0.15) is 0 Å². The van der Waals surface area contributed by atoms with Crippen LogP contribution in [0.1, 0.15) is 53.4 Å². The van der Waals surface area contributed by atoms with E-state index in [1.54, 1.807) is 0 Å². The molecule has 0 bridgehead atoms. The molecule has 0 aromatic rings. The van der Waals surface area contributed by atoms with Gasteiger partial charge in [-0.3, -0.25) is 9.69 Å². The van der Waals surface area contributed by atoms with Gasteiger partial charge in [-0.1, -0.05) is 27.7 Å². The first-order valence-electron chi connectivity index (χ1n) is 9.76. The second-order valence-electron chi connectivity index (χ2n) is 7.21. The Morgan fingerprint density at radius 3 is 2.09 bits per heavy atom. The summed E-state index contributed by atoms with van der Waals surface area (Å²) in [5.41, 5.74) is 0. The van der Waals surface area contributed by atoms with Gasteiger partial charge < -0.3 is 9.80 Å². The Kier molecular flexibility index (Phi) is 9.80. The number of carbonyl (C=O) groups is 1. The number of likely N-dealkylation sites (tertiary alicyclic amines) is 1. The number of amides is 1. The van der Waals surface area contributed by atoms with E-state index in [0.717, 1.165) is 32.1 Å². The smallest absolute Gasteiger partial charge is 0.225 e. The molecule has 0 aromatic carbocycles. The lowest BCUT2D eigenvalue weighted by Gasteiger charge is -2.36. The van der Waals surface area contributed by atoms with E-state index in [0.29, 0.717) is 5.91 Å². The summed E-state index contributed by atoms with van der Waals surface area (Å²) in [6.45, 7) is 15.7. The molecule has 2 heterocycles. The molecular formula is C19H39N3O. The zero-order valence-electron chi connectivity index (χ0n) is 16.2. The maximum atomic E-state index is 12.0. The molecular weight excluding hydrogens is 286 g/mol. The zero-order valence-corrected chi connectivity index (χ0v) is 16.2. The number of nitrogens with zero attached hydrogens (tertiary/aromatic N) is 3. The van der Waals surface area contributed by atoms with Crippen LogP contribution in [-0.2, 0) is 4.79 Å². The van der Waals surface area contributed by atoms with Crippen LogP contribution in [0.5, 0.6) is 0 Å². The van der Waals surface area contributed by atoms with Gasteiger partial charge in [0.1, 0.15) is 0 Å². The lowest BCUT2D eigenvalue weighted by molar-refractivity contribution is -0.136. The monoisotopic (exact) mass is 325 g/mol. The van der Waals surface area contributed by atoms with Crippen molar-refractivity contribution in [2.24, 2.45) is 11.8 Å². The van der Waals surface area contributed by atoms with Gasteiger partial charge in [0.2, 0.25) is 5.91 Å². The van der Waals surface area contributed by atoms with Crippen molar-refractivity contribution in [2.45, 2.75) is 53.4 Å². The molecule has 2 rings (SSSR count). The normalized spacial score (nSPS) is 21.2. The second kappa shape index (κ2) is 11.0. The molecule has 0 radical (unpaired) electrons. The first kappa shape index (κ1) is 20.4. The molecule has 0 atom stereocenters. The molecule has 2 aliphatic heterocycles. The van der Waals surface area contributed by atoms with Crippen LogP contribution in [0.2, 0.25) is 0 Å². The molecule has 0 aromatic heterocycles. The highest BCUT2D eigenvalue weighted by Gasteiger charge is 2.23. The molecule has 1 amide bonds. The third-order valence-corrected chi connectivity index (χ3v) is 5.10. The molecule has 0 saturated carbocycles. The molecule has 0 spiro atoms. The fourth-order valence-corrected chi connectivity index (χ4v) is 3.51. The molecule has 136 valence electrons. The summed E-state index contributed by atoms with van der Waals surface area (Å²) < 4.78 is 0. The number of piperazine rings is 1. The van der Waals surface area contributed by atoms with Crippen LogP contribution in [-0.4, -0.2) is 73.5 Å². The lowest BCUT2D eigenvalue weighted by Crippen LogP contribution is -2.49. The Hall–Kier alpha value is -0.610. The van der Waals surface area contributed by atoms with Crippen LogP contribution in [0.15, 0.2) is 0 Å². The molecule has 2 fully saturated rings. The highest BCUT2D eigenvalue weighted by molar-refractivity contribution is 5.78.